The summed E-state index contributed by atoms with van der Waals surface area (Å²) < 4.78 is 43.9. The van der Waals surface area contributed by atoms with Crippen LogP contribution in [0, 0.1) is 5.92 Å². The van der Waals surface area contributed by atoms with E-state index in [1.165, 1.54) is 4.90 Å². The quantitative estimate of drug-likeness (QED) is 0.828. The number of amides is 2. The van der Waals surface area contributed by atoms with Crippen LogP contribution in [0.25, 0.3) is 0 Å². The number of alkyl halides is 3. The lowest BCUT2D eigenvalue weighted by Gasteiger charge is -2.34. The molecular formula is C20H24F3N3O3. The number of halogens is 3. The van der Waals surface area contributed by atoms with Gasteiger partial charge in [0, 0.05) is 31.2 Å². The Hall–Kier alpha value is -2.29. The molecule has 3 fully saturated rings. The molecule has 2 amide bonds. The summed E-state index contributed by atoms with van der Waals surface area (Å²) in [6.07, 6.45) is -2.72. The Labute approximate surface area is 167 Å². The first-order valence-corrected chi connectivity index (χ1v) is 10.0. The number of benzene rings is 1. The maximum Gasteiger partial charge on any atom is 0.416 e. The highest BCUT2D eigenvalue weighted by Crippen LogP contribution is 2.33. The first kappa shape index (κ1) is 20.0. The van der Waals surface area contributed by atoms with Gasteiger partial charge in [-0.3, -0.25) is 9.59 Å². The van der Waals surface area contributed by atoms with Crippen molar-refractivity contribution in [2.75, 3.05) is 43.0 Å². The summed E-state index contributed by atoms with van der Waals surface area (Å²) in [6, 6.07) is 5.02. The van der Waals surface area contributed by atoms with Crippen LogP contribution in [0.3, 0.4) is 0 Å². The van der Waals surface area contributed by atoms with Gasteiger partial charge in [-0.1, -0.05) is 0 Å². The van der Waals surface area contributed by atoms with Crippen molar-refractivity contribution < 1.29 is 27.5 Å². The van der Waals surface area contributed by atoms with Gasteiger partial charge >= 0.3 is 6.18 Å². The highest BCUT2D eigenvalue weighted by molar-refractivity contribution is 6.02. The van der Waals surface area contributed by atoms with E-state index in [9.17, 15) is 22.8 Å². The molecule has 1 aliphatic carbocycles. The van der Waals surface area contributed by atoms with Gasteiger partial charge in [-0.05, 0) is 43.9 Å². The van der Waals surface area contributed by atoms with E-state index in [0.717, 1.165) is 38.8 Å². The van der Waals surface area contributed by atoms with E-state index in [1.807, 2.05) is 0 Å². The van der Waals surface area contributed by atoms with Crippen molar-refractivity contribution in [3.63, 3.8) is 0 Å². The predicted octanol–water partition coefficient (Wildman–Crippen LogP) is 3.04. The van der Waals surface area contributed by atoms with E-state index in [4.69, 9.17) is 4.74 Å². The monoisotopic (exact) mass is 411 g/mol. The molecule has 158 valence electrons. The second-order valence-corrected chi connectivity index (χ2v) is 7.84. The number of rotatable bonds is 4. The van der Waals surface area contributed by atoms with E-state index in [-0.39, 0.29) is 25.0 Å². The Morgan fingerprint density at radius 2 is 1.83 bits per heavy atom. The number of hydrogen-bond donors (Lipinski definition) is 1. The third kappa shape index (κ3) is 4.49. The minimum atomic E-state index is -4.51. The van der Waals surface area contributed by atoms with Crippen LogP contribution in [-0.4, -0.2) is 61.8 Å². The molecule has 2 saturated heterocycles. The van der Waals surface area contributed by atoms with Gasteiger partial charge in [0.25, 0.3) is 5.91 Å². The highest BCUT2D eigenvalue weighted by Gasteiger charge is 2.44. The van der Waals surface area contributed by atoms with E-state index < -0.39 is 24.7 Å². The number of morpholine rings is 1. The molecule has 9 heteroatoms. The van der Waals surface area contributed by atoms with Crippen molar-refractivity contribution in [1.82, 2.24) is 4.90 Å². The smallest absolute Gasteiger partial charge is 0.371 e. The molecule has 0 bridgehead atoms. The van der Waals surface area contributed by atoms with Crippen molar-refractivity contribution in [1.29, 1.82) is 0 Å². The van der Waals surface area contributed by atoms with Crippen LogP contribution in [0.1, 0.15) is 36.0 Å². The third-order valence-electron chi connectivity index (χ3n) is 5.61. The van der Waals surface area contributed by atoms with Gasteiger partial charge in [0.1, 0.15) is 0 Å². The summed E-state index contributed by atoms with van der Waals surface area (Å²) >= 11 is 0. The summed E-state index contributed by atoms with van der Waals surface area (Å²) in [4.78, 5) is 28.4. The maximum absolute atomic E-state index is 13.1. The highest BCUT2D eigenvalue weighted by atomic mass is 19.4. The Bertz CT molecular complexity index is 789. The van der Waals surface area contributed by atoms with Gasteiger partial charge < -0.3 is 19.9 Å². The minimum absolute atomic E-state index is 0.0300. The van der Waals surface area contributed by atoms with Crippen molar-refractivity contribution in [3.8, 4) is 0 Å². The maximum atomic E-state index is 13.1. The molecule has 0 spiro atoms. The zero-order valence-corrected chi connectivity index (χ0v) is 16.0. The third-order valence-corrected chi connectivity index (χ3v) is 5.61. The van der Waals surface area contributed by atoms with Gasteiger partial charge in [-0.2, -0.15) is 13.2 Å². The number of carbonyl (C=O) groups is 2. The minimum Gasteiger partial charge on any atom is -0.371 e. The molecule has 1 N–H and O–H groups in total. The number of hydrogen-bond acceptors (Lipinski definition) is 4. The molecule has 3 aliphatic rings. The summed E-state index contributed by atoms with van der Waals surface area (Å²) in [7, 11) is 0. The average molecular weight is 411 g/mol. The van der Waals surface area contributed by atoms with Gasteiger partial charge in [0.15, 0.2) is 6.10 Å². The largest absolute Gasteiger partial charge is 0.416 e. The van der Waals surface area contributed by atoms with Crippen LogP contribution in [0.2, 0.25) is 0 Å². The molecule has 6 nitrogen and oxygen atoms in total. The Balaban J connectivity index is 1.57. The predicted molar refractivity (Wildman–Crippen MR) is 101 cm³/mol. The van der Waals surface area contributed by atoms with Crippen LogP contribution in [-0.2, 0) is 9.53 Å². The van der Waals surface area contributed by atoms with Crippen molar-refractivity contribution in [3.05, 3.63) is 23.8 Å². The lowest BCUT2D eigenvalue weighted by atomic mass is 10.1. The molecule has 0 radical (unpaired) electrons. The standard InChI is InChI=1S/C20H24F3N3O3/c21-20(22,23)17-12-26(9-10-29-17)19(28)15-6-5-14(24-18(27)13-3-4-13)11-16(15)25-7-1-2-8-25/h5-6,11,13,17H,1-4,7-10,12H2,(H,24,27). The number of carbonyl (C=O) groups excluding carboxylic acids is 2. The zero-order chi connectivity index (χ0) is 20.6. The lowest BCUT2D eigenvalue weighted by molar-refractivity contribution is -0.233. The summed E-state index contributed by atoms with van der Waals surface area (Å²) in [5.74, 6) is -0.415. The topological polar surface area (TPSA) is 61.9 Å². The summed E-state index contributed by atoms with van der Waals surface area (Å²) in [5, 5.41) is 2.88. The fourth-order valence-electron chi connectivity index (χ4n) is 3.80. The SMILES string of the molecule is O=C(Nc1ccc(C(=O)N2CCOC(C(F)(F)F)C2)c(N2CCCC2)c1)C1CC1. The first-order chi connectivity index (χ1) is 13.8. The van der Waals surface area contributed by atoms with Gasteiger partial charge in [-0.25, -0.2) is 0 Å². The van der Waals surface area contributed by atoms with Gasteiger partial charge in [-0.15, -0.1) is 0 Å². The summed E-state index contributed by atoms with van der Waals surface area (Å²) in [6.45, 7) is 1.00. The number of nitrogens with one attached hydrogen (secondary N) is 1. The second-order valence-electron chi connectivity index (χ2n) is 7.84. The van der Waals surface area contributed by atoms with E-state index in [0.29, 0.717) is 16.9 Å². The van der Waals surface area contributed by atoms with Crippen LogP contribution < -0.4 is 10.2 Å². The van der Waals surface area contributed by atoms with Crippen LogP contribution in [0.4, 0.5) is 24.5 Å². The Morgan fingerprint density at radius 1 is 1.10 bits per heavy atom. The van der Waals surface area contributed by atoms with Gasteiger partial charge in [0.05, 0.1) is 24.4 Å². The number of anilines is 2. The number of ether oxygens (including phenoxy) is 1. The normalized spacial score (nSPS) is 22.7. The molecule has 2 aliphatic heterocycles. The number of nitrogens with zero attached hydrogens (tertiary/aromatic N) is 2. The van der Waals surface area contributed by atoms with Crippen LogP contribution in [0.5, 0.6) is 0 Å². The molecule has 0 aromatic heterocycles. The van der Waals surface area contributed by atoms with Crippen LogP contribution >= 0.6 is 0 Å². The molecule has 1 aromatic carbocycles. The molecule has 29 heavy (non-hydrogen) atoms. The van der Waals surface area contributed by atoms with E-state index in [1.54, 1.807) is 18.2 Å². The Morgan fingerprint density at radius 3 is 2.48 bits per heavy atom. The lowest BCUT2D eigenvalue weighted by Crippen LogP contribution is -2.51. The molecule has 1 atom stereocenters. The van der Waals surface area contributed by atoms with E-state index >= 15 is 0 Å². The Kier molecular flexibility index (Phi) is 5.42. The fourth-order valence-corrected chi connectivity index (χ4v) is 3.80. The molecule has 2 heterocycles. The van der Waals surface area contributed by atoms with E-state index in [2.05, 4.69) is 10.2 Å². The average Bonchev–Trinajstić information content (AvgIpc) is 3.41. The fraction of sp³-hybridized carbons (Fsp3) is 0.600. The molecular weight excluding hydrogens is 387 g/mol. The van der Waals surface area contributed by atoms with Crippen molar-refractivity contribution in [2.45, 2.75) is 38.0 Å². The molecule has 4 rings (SSSR count). The first-order valence-electron chi connectivity index (χ1n) is 10.0. The molecule has 1 aromatic rings. The van der Waals surface area contributed by atoms with Crippen molar-refractivity contribution in [2.24, 2.45) is 5.92 Å². The zero-order valence-electron chi connectivity index (χ0n) is 16.0. The van der Waals surface area contributed by atoms with Gasteiger partial charge in [0.2, 0.25) is 5.91 Å². The molecule has 1 saturated carbocycles. The summed E-state index contributed by atoms with van der Waals surface area (Å²) in [5.41, 5.74) is 1.63. The second kappa shape index (κ2) is 7.85. The van der Waals surface area contributed by atoms with Crippen molar-refractivity contribution >= 4 is 23.2 Å². The molecule has 1 unspecified atom stereocenters. The van der Waals surface area contributed by atoms with Crippen LogP contribution in [0.15, 0.2) is 18.2 Å².